The Morgan fingerprint density at radius 3 is 0.914 bits per heavy atom. The predicted molar refractivity (Wildman–Crippen MR) is 310 cm³/mol. The van der Waals surface area contributed by atoms with Crippen LogP contribution in [0.4, 0.5) is 0 Å². The summed E-state index contributed by atoms with van der Waals surface area (Å²) in [4.78, 5) is 12.5. The molecule has 0 radical (unpaired) electrons. The maximum Gasteiger partial charge on any atom is 0.222 e. The lowest BCUT2D eigenvalue weighted by Crippen LogP contribution is -2.45. The number of amides is 1. The smallest absolute Gasteiger partial charge is 0.222 e. The van der Waals surface area contributed by atoms with E-state index in [9.17, 15) is 20.1 Å². The Morgan fingerprint density at radius 2 is 0.614 bits per heavy atom. The number of rotatable bonds is 58. The van der Waals surface area contributed by atoms with Crippen LogP contribution in [0.25, 0.3) is 0 Å². The van der Waals surface area contributed by atoms with Crippen LogP contribution < -0.4 is 5.32 Å². The Labute approximate surface area is 437 Å². The van der Waals surface area contributed by atoms with Crippen molar-refractivity contribution in [2.24, 2.45) is 0 Å². The van der Waals surface area contributed by atoms with Gasteiger partial charge in [-0.05, 0) is 70.6 Å². The van der Waals surface area contributed by atoms with Crippen LogP contribution in [0.3, 0.4) is 0 Å². The molecule has 5 nitrogen and oxygen atoms in total. The van der Waals surface area contributed by atoms with E-state index in [0.29, 0.717) is 6.42 Å². The van der Waals surface area contributed by atoms with Gasteiger partial charge < -0.3 is 20.6 Å². The van der Waals surface area contributed by atoms with Gasteiger partial charge in [0.1, 0.15) is 0 Å². The minimum atomic E-state index is -0.961. The third-order valence-electron chi connectivity index (χ3n) is 14.6. The minimum Gasteiger partial charge on any atom is -0.394 e. The van der Waals surface area contributed by atoms with Crippen LogP contribution in [0.2, 0.25) is 0 Å². The summed E-state index contributed by atoms with van der Waals surface area (Å²) in [5.74, 6) is -0.326. The van der Waals surface area contributed by atoms with Crippen LogP contribution in [0.5, 0.6) is 0 Å². The van der Waals surface area contributed by atoms with E-state index < -0.39 is 18.2 Å². The van der Waals surface area contributed by atoms with Crippen molar-refractivity contribution in [2.75, 3.05) is 6.61 Å². The molecular weight excluding hydrogens is 859 g/mol. The third-order valence-corrected chi connectivity index (χ3v) is 14.6. The zero-order valence-electron chi connectivity index (χ0n) is 47.2. The SMILES string of the molecule is CCCCCCCCCCCC/C=C/CC/C=C/CC/C=C/C(O)C(CO)NC(=O)CC(O)CCCCCCCCCCCCCCCCC/C=C\CCCCCCCCCCCCCCCCCC. The number of unbranched alkanes of at least 4 members (excludes halogenated alkanes) is 43. The van der Waals surface area contributed by atoms with Gasteiger partial charge in [0.25, 0.3) is 0 Å². The molecule has 0 spiro atoms. The highest BCUT2D eigenvalue weighted by Gasteiger charge is 2.20. The second kappa shape index (κ2) is 59.9. The molecule has 0 aromatic rings. The molecule has 0 aromatic heterocycles. The van der Waals surface area contributed by atoms with Crippen molar-refractivity contribution in [2.45, 2.75) is 353 Å². The second-order valence-electron chi connectivity index (χ2n) is 21.6. The van der Waals surface area contributed by atoms with Crippen molar-refractivity contribution in [3.63, 3.8) is 0 Å². The normalized spacial score (nSPS) is 13.5. The van der Waals surface area contributed by atoms with Crippen molar-refractivity contribution < 1.29 is 20.1 Å². The molecule has 4 N–H and O–H groups in total. The van der Waals surface area contributed by atoms with Crippen LogP contribution in [-0.2, 0) is 4.79 Å². The highest BCUT2D eigenvalue weighted by molar-refractivity contribution is 5.76. The summed E-state index contributed by atoms with van der Waals surface area (Å²) in [6.07, 6.45) is 80.5. The van der Waals surface area contributed by atoms with E-state index in [1.54, 1.807) is 6.08 Å². The Balaban J connectivity index is 3.54. The molecule has 0 aliphatic carbocycles. The van der Waals surface area contributed by atoms with Gasteiger partial charge in [0.15, 0.2) is 0 Å². The topological polar surface area (TPSA) is 89.8 Å². The molecule has 0 fully saturated rings. The van der Waals surface area contributed by atoms with Gasteiger partial charge in [-0.25, -0.2) is 0 Å². The first kappa shape index (κ1) is 68.3. The van der Waals surface area contributed by atoms with Gasteiger partial charge in [0.2, 0.25) is 5.91 Å². The highest BCUT2D eigenvalue weighted by Crippen LogP contribution is 2.18. The monoisotopic (exact) mass is 982 g/mol. The molecule has 3 unspecified atom stereocenters. The van der Waals surface area contributed by atoms with Gasteiger partial charge in [-0.15, -0.1) is 0 Å². The van der Waals surface area contributed by atoms with Crippen molar-refractivity contribution >= 4 is 5.91 Å². The lowest BCUT2D eigenvalue weighted by Gasteiger charge is -2.21. The summed E-state index contributed by atoms with van der Waals surface area (Å²) in [5.41, 5.74) is 0. The van der Waals surface area contributed by atoms with Gasteiger partial charge in [-0.3, -0.25) is 4.79 Å². The van der Waals surface area contributed by atoms with Crippen LogP contribution in [-0.4, -0.2) is 46.1 Å². The summed E-state index contributed by atoms with van der Waals surface area (Å²) in [5, 5.41) is 33.5. The predicted octanol–water partition coefficient (Wildman–Crippen LogP) is 20.0. The molecule has 0 saturated heterocycles. The zero-order chi connectivity index (χ0) is 50.7. The van der Waals surface area contributed by atoms with Gasteiger partial charge in [0.05, 0.1) is 31.3 Å². The van der Waals surface area contributed by atoms with E-state index in [4.69, 9.17) is 0 Å². The van der Waals surface area contributed by atoms with E-state index in [1.807, 2.05) is 6.08 Å². The lowest BCUT2D eigenvalue weighted by molar-refractivity contribution is -0.124. The van der Waals surface area contributed by atoms with Crippen molar-refractivity contribution in [3.8, 4) is 0 Å². The fourth-order valence-electron chi connectivity index (χ4n) is 9.78. The third kappa shape index (κ3) is 55.6. The fourth-order valence-corrected chi connectivity index (χ4v) is 9.78. The fraction of sp³-hybridized carbons (Fsp3) is 0.862. The average Bonchev–Trinajstić information content (AvgIpc) is 3.36. The van der Waals surface area contributed by atoms with Crippen LogP contribution >= 0.6 is 0 Å². The molecule has 0 aliphatic heterocycles. The molecule has 0 bridgehead atoms. The zero-order valence-corrected chi connectivity index (χ0v) is 47.2. The molecule has 5 heteroatoms. The van der Waals surface area contributed by atoms with Crippen LogP contribution in [0.15, 0.2) is 48.6 Å². The number of allylic oxidation sites excluding steroid dienone is 7. The van der Waals surface area contributed by atoms with Gasteiger partial charge in [0, 0.05) is 0 Å². The maximum absolute atomic E-state index is 12.5. The van der Waals surface area contributed by atoms with Crippen LogP contribution in [0, 0.1) is 0 Å². The first-order valence-corrected chi connectivity index (χ1v) is 31.4. The summed E-state index contributed by atoms with van der Waals surface area (Å²) < 4.78 is 0. The molecule has 0 saturated carbocycles. The van der Waals surface area contributed by atoms with Gasteiger partial charge >= 0.3 is 0 Å². The molecule has 3 atom stereocenters. The minimum absolute atomic E-state index is 0.00346. The van der Waals surface area contributed by atoms with Crippen LogP contribution in [0.1, 0.15) is 335 Å². The van der Waals surface area contributed by atoms with Crippen molar-refractivity contribution in [3.05, 3.63) is 48.6 Å². The summed E-state index contributed by atoms with van der Waals surface area (Å²) in [6, 6.07) is -0.769. The molecule has 0 aliphatic rings. The molecular formula is C65H123NO4. The molecule has 412 valence electrons. The standard InChI is InChI=1S/C65H123NO4/c1-3-5-7-9-11-13-15-17-19-21-23-25-26-27-28-29-30-31-32-33-34-35-36-37-38-39-40-42-44-46-48-50-52-54-56-58-62(68)60-65(70)66-63(61-67)64(69)59-57-55-53-51-49-47-45-43-41-24-22-20-18-16-14-12-10-8-6-4-2/h31-32,41,43,49,51,57,59,62-64,67-69H,3-30,33-40,42,44-48,50,52-56,58,60-61H2,1-2H3,(H,66,70)/b32-31-,43-41+,51-49+,59-57+. The number of nitrogens with one attached hydrogen (secondary N) is 1. The van der Waals surface area contributed by atoms with E-state index in [-0.39, 0.29) is 18.9 Å². The van der Waals surface area contributed by atoms with E-state index in [2.05, 4.69) is 55.6 Å². The van der Waals surface area contributed by atoms with Gasteiger partial charge in [-0.1, -0.05) is 306 Å². The Bertz CT molecular complexity index is 1130. The number of carbonyl (C=O) groups excluding carboxylic acids is 1. The highest BCUT2D eigenvalue weighted by atomic mass is 16.3. The Morgan fingerprint density at radius 1 is 0.357 bits per heavy atom. The second-order valence-corrected chi connectivity index (χ2v) is 21.6. The lowest BCUT2D eigenvalue weighted by atomic mass is 10.0. The maximum atomic E-state index is 12.5. The quantitative estimate of drug-likeness (QED) is 0.0361. The number of aliphatic hydroxyl groups is 3. The first-order chi connectivity index (χ1) is 34.5. The van der Waals surface area contributed by atoms with E-state index in [1.165, 1.54) is 270 Å². The van der Waals surface area contributed by atoms with E-state index >= 15 is 0 Å². The summed E-state index contributed by atoms with van der Waals surface area (Å²) in [7, 11) is 0. The molecule has 70 heavy (non-hydrogen) atoms. The molecule has 0 heterocycles. The Kier molecular flexibility index (Phi) is 58.4. The molecule has 0 rings (SSSR count). The number of aliphatic hydroxyl groups excluding tert-OH is 3. The van der Waals surface area contributed by atoms with Crippen molar-refractivity contribution in [1.29, 1.82) is 0 Å². The van der Waals surface area contributed by atoms with Crippen molar-refractivity contribution in [1.82, 2.24) is 5.32 Å². The largest absolute Gasteiger partial charge is 0.394 e. The number of hydrogen-bond donors (Lipinski definition) is 4. The molecule has 1 amide bonds. The average molecular weight is 983 g/mol. The summed E-state index contributed by atoms with van der Waals surface area (Å²) in [6.45, 7) is 4.23. The molecule has 0 aromatic carbocycles. The Hall–Kier alpha value is -1.69. The summed E-state index contributed by atoms with van der Waals surface area (Å²) >= 11 is 0. The number of carbonyl (C=O) groups is 1. The first-order valence-electron chi connectivity index (χ1n) is 31.4. The van der Waals surface area contributed by atoms with E-state index in [0.717, 1.165) is 38.5 Å². The van der Waals surface area contributed by atoms with Gasteiger partial charge in [-0.2, -0.15) is 0 Å². The number of hydrogen-bond acceptors (Lipinski definition) is 4.